The molecule has 2 N–H and O–H groups in total. The number of aromatic nitrogens is 2. The van der Waals surface area contributed by atoms with E-state index in [1.807, 2.05) is 17.9 Å². The molecule has 0 saturated carbocycles. The maximum Gasteiger partial charge on any atom is 0.265 e. The fraction of sp³-hybridized carbons (Fsp3) is 0.516. The van der Waals surface area contributed by atoms with E-state index in [4.69, 9.17) is 14.0 Å². The van der Waals surface area contributed by atoms with Gasteiger partial charge in [-0.1, -0.05) is 37.2 Å². The van der Waals surface area contributed by atoms with Gasteiger partial charge in [0.2, 0.25) is 11.7 Å². The molecule has 0 atom stereocenters. The van der Waals surface area contributed by atoms with Gasteiger partial charge in [0.05, 0.1) is 18.1 Å². The van der Waals surface area contributed by atoms with Gasteiger partial charge in [-0.3, -0.25) is 10.0 Å². The van der Waals surface area contributed by atoms with Crippen LogP contribution in [0.4, 0.5) is 0 Å². The summed E-state index contributed by atoms with van der Waals surface area (Å²) in [5.41, 5.74) is 4.93. The number of ether oxygens (including phenoxy) is 2. The number of hydroxylamine groups is 1. The van der Waals surface area contributed by atoms with Crippen molar-refractivity contribution in [1.29, 1.82) is 0 Å². The van der Waals surface area contributed by atoms with Crippen molar-refractivity contribution in [2.24, 2.45) is 5.92 Å². The Labute approximate surface area is 253 Å². The molecule has 0 unspecified atom stereocenters. The molecule has 1 fully saturated rings. The van der Waals surface area contributed by atoms with E-state index in [0.717, 1.165) is 17.5 Å². The molecule has 2 heterocycles. The van der Waals surface area contributed by atoms with Crippen molar-refractivity contribution in [1.82, 2.24) is 20.5 Å². The van der Waals surface area contributed by atoms with Crippen LogP contribution in [-0.4, -0.2) is 79.3 Å². The number of rotatable bonds is 14. The number of aryl methyl sites for hydroxylation is 2. The van der Waals surface area contributed by atoms with Crippen LogP contribution in [0.1, 0.15) is 50.1 Å². The first-order valence-electron chi connectivity index (χ1n) is 14.7. The Hall–Kier alpha value is -3.32. The van der Waals surface area contributed by atoms with Gasteiger partial charge in [0.15, 0.2) is 14.6 Å². The molecule has 12 heteroatoms. The fourth-order valence-electron chi connectivity index (χ4n) is 5.47. The van der Waals surface area contributed by atoms with Gasteiger partial charge in [-0.15, -0.1) is 0 Å². The number of likely N-dealkylation sites (tertiary alicyclic amines) is 1. The van der Waals surface area contributed by atoms with Crippen molar-refractivity contribution in [3.05, 3.63) is 59.5 Å². The third-order valence-electron chi connectivity index (χ3n) is 7.89. The van der Waals surface area contributed by atoms with E-state index in [-0.39, 0.29) is 17.7 Å². The number of carbonyl (C=O) groups excluding carboxylic acids is 1. The van der Waals surface area contributed by atoms with Crippen LogP contribution in [0.5, 0.6) is 5.75 Å². The fourth-order valence-corrected chi connectivity index (χ4v) is 7.43. The average Bonchev–Trinajstić information content (AvgIpc) is 3.46. The Morgan fingerprint density at radius 2 is 1.86 bits per heavy atom. The molecule has 234 valence electrons. The van der Waals surface area contributed by atoms with Crippen LogP contribution < -0.4 is 10.2 Å². The van der Waals surface area contributed by atoms with E-state index in [1.165, 1.54) is 17.7 Å². The zero-order chi connectivity index (χ0) is 31.0. The number of hydrogen-bond acceptors (Lipinski definition) is 10. The third-order valence-corrected chi connectivity index (χ3v) is 10.4. The molecular weight excluding hydrogens is 572 g/mol. The van der Waals surface area contributed by atoms with Crippen LogP contribution in [0.15, 0.2) is 51.9 Å². The third kappa shape index (κ3) is 7.61. The van der Waals surface area contributed by atoms with E-state index in [0.29, 0.717) is 69.1 Å². The summed E-state index contributed by atoms with van der Waals surface area (Å²) in [7, 11) is -2.50. The molecule has 0 radical (unpaired) electrons. The summed E-state index contributed by atoms with van der Waals surface area (Å²) in [4.78, 5) is 19.3. The van der Waals surface area contributed by atoms with Crippen LogP contribution in [0.2, 0.25) is 0 Å². The van der Waals surface area contributed by atoms with Gasteiger partial charge in [0.1, 0.15) is 5.75 Å². The first kappa shape index (κ1) is 32.6. The molecule has 11 nitrogen and oxygen atoms in total. The summed E-state index contributed by atoms with van der Waals surface area (Å²) in [5, 5.41) is 13.5. The molecule has 3 aromatic rings. The lowest BCUT2D eigenvalue weighted by Gasteiger charge is -2.39. The van der Waals surface area contributed by atoms with Crippen molar-refractivity contribution >= 4 is 15.7 Å². The SMILES string of the molecule is COCCN1CCC(C(=O)NO)(S(=O)(=O)c2ccc(OCCCc3nc(-c4ccc(CC(C)C)cc4C)no3)cc2)CC1. The van der Waals surface area contributed by atoms with Gasteiger partial charge in [-0.2, -0.15) is 4.98 Å². The molecule has 1 aliphatic heterocycles. The lowest BCUT2D eigenvalue weighted by Crippen LogP contribution is -2.57. The van der Waals surface area contributed by atoms with Crippen LogP contribution >= 0.6 is 0 Å². The van der Waals surface area contributed by atoms with E-state index >= 15 is 0 Å². The Kier molecular flexibility index (Phi) is 10.9. The standard InChI is InChI=1S/C31H42N4O7S/c1-22(2)20-24-7-12-27(23(3)21-24)29-32-28(42-34-29)6-5-18-41-25-8-10-26(11-9-25)43(38,39)31(30(36)33-37)13-15-35(16-14-31)17-19-40-4/h7-12,21-22,37H,5-6,13-20H2,1-4H3,(H,33,36). The minimum atomic E-state index is -4.10. The van der Waals surface area contributed by atoms with Crippen LogP contribution in [-0.2, 0) is 32.2 Å². The molecule has 43 heavy (non-hydrogen) atoms. The summed E-state index contributed by atoms with van der Waals surface area (Å²) in [6.07, 6.45) is 2.29. The number of carbonyl (C=O) groups is 1. The second-order valence-corrected chi connectivity index (χ2v) is 13.7. The van der Waals surface area contributed by atoms with Crippen molar-refractivity contribution in [2.75, 3.05) is 40.0 Å². The maximum atomic E-state index is 13.7. The molecule has 0 spiro atoms. The van der Waals surface area contributed by atoms with Crippen LogP contribution in [0.3, 0.4) is 0 Å². The molecule has 1 aromatic heterocycles. The largest absolute Gasteiger partial charge is 0.494 e. The monoisotopic (exact) mass is 614 g/mol. The second kappa shape index (κ2) is 14.4. The second-order valence-electron chi connectivity index (χ2n) is 11.5. The minimum Gasteiger partial charge on any atom is -0.494 e. The maximum absolute atomic E-state index is 13.7. The van der Waals surface area contributed by atoms with E-state index in [9.17, 15) is 18.4 Å². The Morgan fingerprint density at radius 3 is 2.49 bits per heavy atom. The number of benzene rings is 2. The van der Waals surface area contributed by atoms with Crippen molar-refractivity contribution < 1.29 is 32.4 Å². The number of piperidine rings is 1. The molecule has 0 aliphatic carbocycles. The number of nitrogens with zero attached hydrogens (tertiary/aromatic N) is 3. The molecular formula is C31H42N4O7S. The Morgan fingerprint density at radius 1 is 1.14 bits per heavy atom. The highest BCUT2D eigenvalue weighted by atomic mass is 32.2. The Balaban J connectivity index is 1.32. The summed E-state index contributed by atoms with van der Waals surface area (Å²) < 4.78 is 41.9. The van der Waals surface area contributed by atoms with Gasteiger partial charge < -0.3 is 18.9 Å². The van der Waals surface area contributed by atoms with Gasteiger partial charge in [0, 0.05) is 38.7 Å². The quantitative estimate of drug-likeness (QED) is 0.155. The zero-order valence-corrected chi connectivity index (χ0v) is 26.2. The first-order valence-corrected chi connectivity index (χ1v) is 16.1. The minimum absolute atomic E-state index is 0.000266. The van der Waals surface area contributed by atoms with Gasteiger partial charge in [-0.05, 0) is 73.9 Å². The summed E-state index contributed by atoms with van der Waals surface area (Å²) in [6, 6.07) is 12.3. The highest BCUT2D eigenvalue weighted by Crippen LogP contribution is 2.36. The predicted octanol–water partition coefficient (Wildman–Crippen LogP) is 4.02. The van der Waals surface area contributed by atoms with Crippen LogP contribution in [0, 0.1) is 12.8 Å². The molecule has 2 aromatic carbocycles. The zero-order valence-electron chi connectivity index (χ0n) is 25.3. The van der Waals surface area contributed by atoms with Gasteiger partial charge in [-0.25, -0.2) is 13.9 Å². The van der Waals surface area contributed by atoms with Crippen molar-refractivity contribution in [3.8, 4) is 17.1 Å². The number of nitrogens with one attached hydrogen (secondary N) is 1. The molecule has 1 aliphatic rings. The summed E-state index contributed by atoms with van der Waals surface area (Å²) in [5.74, 6) is 1.25. The van der Waals surface area contributed by atoms with Crippen molar-refractivity contribution in [3.63, 3.8) is 0 Å². The number of sulfone groups is 1. The van der Waals surface area contributed by atoms with Gasteiger partial charge >= 0.3 is 0 Å². The number of hydrogen-bond donors (Lipinski definition) is 2. The van der Waals surface area contributed by atoms with Crippen molar-refractivity contribution in [2.45, 2.75) is 62.5 Å². The molecule has 1 saturated heterocycles. The lowest BCUT2D eigenvalue weighted by atomic mass is 9.95. The molecule has 0 bridgehead atoms. The summed E-state index contributed by atoms with van der Waals surface area (Å²) in [6.45, 7) is 8.74. The number of methoxy groups -OCH3 is 1. The predicted molar refractivity (Wildman–Crippen MR) is 161 cm³/mol. The normalized spacial score (nSPS) is 15.5. The smallest absolute Gasteiger partial charge is 0.265 e. The summed E-state index contributed by atoms with van der Waals surface area (Å²) >= 11 is 0. The average molecular weight is 615 g/mol. The van der Waals surface area contributed by atoms with E-state index < -0.39 is 20.5 Å². The van der Waals surface area contributed by atoms with Crippen LogP contribution in [0.25, 0.3) is 11.4 Å². The highest BCUT2D eigenvalue weighted by Gasteiger charge is 2.52. The van der Waals surface area contributed by atoms with E-state index in [2.05, 4.69) is 36.1 Å². The lowest BCUT2D eigenvalue weighted by molar-refractivity contribution is -0.133. The molecule has 4 rings (SSSR count). The first-order chi connectivity index (χ1) is 20.6. The number of amides is 1. The van der Waals surface area contributed by atoms with Gasteiger partial charge in [0.25, 0.3) is 5.91 Å². The molecule has 1 amide bonds. The topological polar surface area (TPSA) is 144 Å². The highest BCUT2D eigenvalue weighted by molar-refractivity contribution is 7.93. The Bertz CT molecular complexity index is 1460. The van der Waals surface area contributed by atoms with E-state index in [1.54, 1.807) is 24.7 Å².